The number of carbonyl (C=O) groups is 2. The quantitative estimate of drug-likeness (QED) is 0.259. The number of carbonyl (C=O) groups excluding carboxylic acids is 1. The van der Waals surface area contributed by atoms with E-state index >= 15 is 0 Å². The Hall–Kier alpha value is 1.58. The van der Waals surface area contributed by atoms with E-state index in [1.165, 1.54) is 44.9 Å². The minimum atomic E-state index is -1.13. The molecule has 0 radical (unpaired) electrons. The average molecular weight is 322 g/mol. The first-order valence-electron chi connectivity index (χ1n) is 7.04. The molecule has 20 heavy (non-hydrogen) atoms. The van der Waals surface area contributed by atoms with Crippen LogP contribution in [0.15, 0.2) is 0 Å². The number of ether oxygens (including phenoxy) is 1. The summed E-state index contributed by atoms with van der Waals surface area (Å²) in [5, 5.41) is 8.34. The summed E-state index contributed by atoms with van der Waals surface area (Å²) in [6.45, 7) is 2.56. The van der Waals surface area contributed by atoms with Crippen molar-refractivity contribution in [1.82, 2.24) is 0 Å². The SMILES string of the molecule is CCCCCCCCCCCOC(=O)CC(=O)O.[KH].[NaH]. The van der Waals surface area contributed by atoms with Gasteiger partial charge in [-0.15, -0.1) is 0 Å². The number of unbranched alkanes of at least 4 members (excludes halogenated alkanes) is 8. The van der Waals surface area contributed by atoms with Crippen molar-refractivity contribution in [1.29, 1.82) is 0 Å². The zero-order chi connectivity index (χ0) is 13.6. The summed E-state index contributed by atoms with van der Waals surface area (Å²) in [4.78, 5) is 21.1. The van der Waals surface area contributed by atoms with Crippen molar-refractivity contribution in [2.24, 2.45) is 0 Å². The van der Waals surface area contributed by atoms with E-state index < -0.39 is 18.4 Å². The van der Waals surface area contributed by atoms with Crippen LogP contribution in [0, 0.1) is 0 Å². The Morgan fingerprint density at radius 2 is 1.35 bits per heavy atom. The van der Waals surface area contributed by atoms with Crippen LogP contribution in [0.25, 0.3) is 0 Å². The van der Waals surface area contributed by atoms with Gasteiger partial charge in [0.2, 0.25) is 0 Å². The van der Waals surface area contributed by atoms with Gasteiger partial charge in [0.05, 0.1) is 6.61 Å². The van der Waals surface area contributed by atoms with Gasteiger partial charge in [-0.3, -0.25) is 9.59 Å². The van der Waals surface area contributed by atoms with Crippen molar-refractivity contribution in [2.45, 2.75) is 71.1 Å². The van der Waals surface area contributed by atoms with Gasteiger partial charge in [-0.1, -0.05) is 58.3 Å². The summed E-state index contributed by atoms with van der Waals surface area (Å²) in [5.41, 5.74) is 0. The van der Waals surface area contributed by atoms with Crippen LogP contribution in [0.4, 0.5) is 0 Å². The number of aliphatic carboxylic acids is 1. The molecule has 0 saturated carbocycles. The molecule has 0 fully saturated rings. The fourth-order valence-corrected chi connectivity index (χ4v) is 1.77. The predicted octanol–water partition coefficient (Wildman–Crippen LogP) is 2.24. The number of carboxylic acids is 1. The second kappa shape index (κ2) is 20.6. The summed E-state index contributed by atoms with van der Waals surface area (Å²) < 4.78 is 4.79. The van der Waals surface area contributed by atoms with Crippen LogP contribution in [-0.4, -0.2) is 105 Å². The summed E-state index contributed by atoms with van der Waals surface area (Å²) in [6, 6.07) is 0. The van der Waals surface area contributed by atoms with Gasteiger partial charge in [0, 0.05) is 0 Å². The molecule has 0 aliphatic carbocycles. The van der Waals surface area contributed by atoms with E-state index in [2.05, 4.69) is 6.92 Å². The fraction of sp³-hybridized carbons (Fsp3) is 0.857. The van der Waals surface area contributed by atoms with Crippen molar-refractivity contribution >= 4 is 92.9 Å². The van der Waals surface area contributed by atoms with Crippen LogP contribution in [0.3, 0.4) is 0 Å². The van der Waals surface area contributed by atoms with E-state index in [1.54, 1.807) is 0 Å². The molecular weight excluding hydrogens is 294 g/mol. The van der Waals surface area contributed by atoms with Crippen molar-refractivity contribution in [3.63, 3.8) is 0 Å². The molecule has 0 aromatic carbocycles. The third-order valence-electron chi connectivity index (χ3n) is 2.81. The van der Waals surface area contributed by atoms with Crippen molar-refractivity contribution in [3.8, 4) is 0 Å². The molecule has 0 aliphatic rings. The summed E-state index contributed by atoms with van der Waals surface area (Å²) in [6.07, 6.45) is 10.3. The van der Waals surface area contributed by atoms with Gasteiger partial charge >= 0.3 is 92.9 Å². The van der Waals surface area contributed by atoms with Crippen LogP contribution in [0.5, 0.6) is 0 Å². The molecule has 110 valence electrons. The molecule has 0 heterocycles. The topological polar surface area (TPSA) is 63.6 Å². The van der Waals surface area contributed by atoms with E-state index in [0.717, 1.165) is 12.8 Å². The molecule has 0 rings (SSSR count). The zero-order valence-corrected chi connectivity index (χ0v) is 11.5. The molecule has 4 nitrogen and oxygen atoms in total. The van der Waals surface area contributed by atoms with Gasteiger partial charge < -0.3 is 9.84 Å². The Labute approximate surface area is 187 Å². The summed E-state index contributed by atoms with van der Waals surface area (Å²) in [7, 11) is 0. The van der Waals surface area contributed by atoms with E-state index in [0.29, 0.717) is 6.61 Å². The van der Waals surface area contributed by atoms with Crippen LogP contribution < -0.4 is 0 Å². The van der Waals surface area contributed by atoms with E-state index in [-0.39, 0.29) is 80.9 Å². The predicted molar refractivity (Wildman–Crippen MR) is 84.7 cm³/mol. The minimum absolute atomic E-state index is 0. The molecule has 0 amide bonds. The standard InChI is InChI=1S/C14H26O4.K.Na.2H/c1-2-3-4-5-6-7-8-9-10-11-18-14(17)12-13(15)16;;;;/h2-12H2,1H3,(H,15,16);;;;. The Balaban J connectivity index is -0.00000144. The Kier molecular flexibility index (Phi) is 27.2. The number of hydrogen-bond acceptors (Lipinski definition) is 3. The maximum atomic E-state index is 10.9. The van der Waals surface area contributed by atoms with E-state index in [1.807, 2.05) is 0 Å². The molecule has 0 saturated heterocycles. The first-order valence-corrected chi connectivity index (χ1v) is 7.04. The van der Waals surface area contributed by atoms with E-state index in [4.69, 9.17) is 9.84 Å². The second-order valence-electron chi connectivity index (χ2n) is 4.62. The molecule has 0 aliphatic heterocycles. The molecule has 0 atom stereocenters. The third kappa shape index (κ3) is 21.9. The first-order chi connectivity index (χ1) is 8.66. The summed E-state index contributed by atoms with van der Waals surface area (Å²) >= 11 is 0. The van der Waals surface area contributed by atoms with Crippen LogP contribution in [0.1, 0.15) is 71.1 Å². The molecule has 0 bridgehead atoms. The molecule has 6 heteroatoms. The normalized spacial score (nSPS) is 9.25. The molecule has 0 aromatic rings. The van der Waals surface area contributed by atoms with Crippen molar-refractivity contribution in [3.05, 3.63) is 0 Å². The number of esters is 1. The number of carboxylic acid groups (broad SMARTS) is 1. The van der Waals surface area contributed by atoms with Crippen molar-refractivity contribution in [2.75, 3.05) is 6.61 Å². The average Bonchev–Trinajstić information content (AvgIpc) is 2.30. The Morgan fingerprint density at radius 3 is 1.80 bits per heavy atom. The van der Waals surface area contributed by atoms with Gasteiger partial charge in [-0.25, -0.2) is 0 Å². The summed E-state index contributed by atoms with van der Waals surface area (Å²) in [5.74, 6) is -1.77. The fourth-order valence-electron chi connectivity index (χ4n) is 1.77. The number of hydrogen-bond donors (Lipinski definition) is 1. The molecule has 0 aromatic heterocycles. The van der Waals surface area contributed by atoms with Gasteiger partial charge in [0.25, 0.3) is 0 Å². The maximum absolute atomic E-state index is 10.9. The van der Waals surface area contributed by atoms with E-state index in [9.17, 15) is 9.59 Å². The van der Waals surface area contributed by atoms with Gasteiger partial charge in [-0.05, 0) is 6.42 Å². The zero-order valence-electron chi connectivity index (χ0n) is 11.5. The van der Waals surface area contributed by atoms with Crippen LogP contribution >= 0.6 is 0 Å². The van der Waals surface area contributed by atoms with Gasteiger partial charge in [0.1, 0.15) is 6.42 Å². The monoisotopic (exact) mass is 322 g/mol. The van der Waals surface area contributed by atoms with Gasteiger partial charge in [-0.2, -0.15) is 0 Å². The Morgan fingerprint density at radius 1 is 0.900 bits per heavy atom. The molecule has 0 spiro atoms. The molecule has 1 N–H and O–H groups in total. The third-order valence-corrected chi connectivity index (χ3v) is 2.81. The molecular formula is C14H28KNaO4. The molecule has 0 unspecified atom stereocenters. The van der Waals surface area contributed by atoms with Crippen LogP contribution in [-0.2, 0) is 14.3 Å². The van der Waals surface area contributed by atoms with Gasteiger partial charge in [0.15, 0.2) is 0 Å². The number of rotatable bonds is 12. The van der Waals surface area contributed by atoms with Crippen molar-refractivity contribution < 1.29 is 19.4 Å². The Bertz CT molecular complexity index is 237. The van der Waals surface area contributed by atoms with Crippen LogP contribution in [0.2, 0.25) is 0 Å². The second-order valence-corrected chi connectivity index (χ2v) is 4.62. The first kappa shape index (κ1) is 26.5.